The molecule has 0 saturated heterocycles. The molecule has 6 nitrogen and oxygen atoms in total. The zero-order chi connectivity index (χ0) is 22.2. The van der Waals surface area contributed by atoms with Gasteiger partial charge in [-0.3, -0.25) is 9.59 Å². The summed E-state index contributed by atoms with van der Waals surface area (Å²) in [5.74, 6) is -0.360. The SMILES string of the molecule is COC(=O)C(Cc1ccc(OCCCO[Si](C)(C)C(C)(C)C)cc1OC)C(C)=O. The highest BCUT2D eigenvalue weighted by Crippen LogP contribution is 2.36. The maximum absolute atomic E-state index is 11.8. The van der Waals surface area contributed by atoms with Crippen LogP contribution in [-0.2, 0) is 25.2 Å². The summed E-state index contributed by atoms with van der Waals surface area (Å²) in [6.45, 7) is 13.7. The van der Waals surface area contributed by atoms with Gasteiger partial charge in [0.05, 0.1) is 20.8 Å². The quantitative estimate of drug-likeness (QED) is 0.227. The third kappa shape index (κ3) is 7.47. The molecule has 0 aliphatic rings. The summed E-state index contributed by atoms with van der Waals surface area (Å²) in [4.78, 5) is 23.6. The average Bonchev–Trinajstić information content (AvgIpc) is 2.64. The third-order valence-corrected chi connectivity index (χ3v) is 10.0. The number of rotatable bonds is 11. The molecule has 0 fully saturated rings. The summed E-state index contributed by atoms with van der Waals surface area (Å²) in [6, 6.07) is 5.42. The van der Waals surface area contributed by atoms with Crippen LogP contribution in [0.15, 0.2) is 18.2 Å². The molecule has 0 aliphatic carbocycles. The van der Waals surface area contributed by atoms with Crippen LogP contribution in [0.5, 0.6) is 11.5 Å². The van der Waals surface area contributed by atoms with Gasteiger partial charge in [-0.05, 0) is 43.1 Å². The minimum absolute atomic E-state index is 0.193. The van der Waals surface area contributed by atoms with Crippen molar-refractivity contribution in [3.8, 4) is 11.5 Å². The van der Waals surface area contributed by atoms with Gasteiger partial charge in [0.15, 0.2) is 8.32 Å². The number of hydrogen-bond donors (Lipinski definition) is 0. The molecule has 0 aromatic heterocycles. The Morgan fingerprint density at radius 3 is 2.28 bits per heavy atom. The highest BCUT2D eigenvalue weighted by molar-refractivity contribution is 6.74. The Morgan fingerprint density at radius 2 is 1.76 bits per heavy atom. The number of ketones is 1. The van der Waals surface area contributed by atoms with E-state index in [1.807, 2.05) is 12.1 Å². The lowest BCUT2D eigenvalue weighted by Gasteiger charge is -2.36. The molecule has 0 heterocycles. The molecular weight excluding hydrogens is 388 g/mol. The number of ether oxygens (including phenoxy) is 3. The minimum Gasteiger partial charge on any atom is -0.496 e. The second-order valence-corrected chi connectivity index (χ2v) is 13.5. The number of benzene rings is 1. The van der Waals surface area contributed by atoms with E-state index in [1.54, 1.807) is 13.2 Å². The van der Waals surface area contributed by atoms with Gasteiger partial charge in [0.2, 0.25) is 0 Å². The van der Waals surface area contributed by atoms with Crippen molar-refractivity contribution in [2.24, 2.45) is 5.92 Å². The lowest BCUT2D eigenvalue weighted by molar-refractivity contribution is -0.148. The maximum atomic E-state index is 11.8. The van der Waals surface area contributed by atoms with Gasteiger partial charge in [-0.15, -0.1) is 0 Å². The van der Waals surface area contributed by atoms with Crippen molar-refractivity contribution < 1.29 is 28.2 Å². The van der Waals surface area contributed by atoms with E-state index in [4.69, 9.17) is 18.6 Å². The zero-order valence-electron chi connectivity index (χ0n) is 19.1. The van der Waals surface area contributed by atoms with Gasteiger partial charge in [0.25, 0.3) is 0 Å². The van der Waals surface area contributed by atoms with Crippen LogP contribution in [0.1, 0.15) is 39.7 Å². The second-order valence-electron chi connectivity index (χ2n) is 8.67. The highest BCUT2D eigenvalue weighted by atomic mass is 28.4. The molecule has 0 spiro atoms. The van der Waals surface area contributed by atoms with Gasteiger partial charge in [-0.1, -0.05) is 26.8 Å². The molecule has 1 rings (SSSR count). The molecular formula is C22H36O6Si. The predicted molar refractivity (Wildman–Crippen MR) is 116 cm³/mol. The Kier molecular flexibility index (Phi) is 9.36. The summed E-state index contributed by atoms with van der Waals surface area (Å²) in [7, 11) is 1.10. The summed E-state index contributed by atoms with van der Waals surface area (Å²) in [6.07, 6.45) is 1.02. The van der Waals surface area contributed by atoms with Crippen LogP contribution < -0.4 is 9.47 Å². The number of carbonyl (C=O) groups is 2. The largest absolute Gasteiger partial charge is 0.496 e. The van der Waals surface area contributed by atoms with E-state index < -0.39 is 20.2 Å². The molecule has 0 radical (unpaired) electrons. The molecule has 0 N–H and O–H groups in total. The van der Waals surface area contributed by atoms with E-state index in [-0.39, 0.29) is 17.2 Å². The Balaban J connectivity index is 2.66. The van der Waals surface area contributed by atoms with Crippen molar-refractivity contribution in [1.29, 1.82) is 0 Å². The predicted octanol–water partition coefficient (Wildman–Crippen LogP) is 4.41. The zero-order valence-corrected chi connectivity index (χ0v) is 20.1. The molecule has 1 aromatic rings. The van der Waals surface area contributed by atoms with Gasteiger partial charge in [0, 0.05) is 19.1 Å². The van der Waals surface area contributed by atoms with E-state index in [0.717, 1.165) is 12.0 Å². The molecule has 7 heteroatoms. The Labute approximate surface area is 176 Å². The van der Waals surface area contributed by atoms with Crippen molar-refractivity contribution in [2.45, 2.75) is 58.7 Å². The molecule has 1 unspecified atom stereocenters. The molecule has 0 amide bonds. The molecule has 1 atom stereocenters. The van der Waals surface area contributed by atoms with Crippen molar-refractivity contribution in [2.75, 3.05) is 27.4 Å². The second kappa shape index (κ2) is 10.8. The number of methoxy groups -OCH3 is 2. The molecule has 29 heavy (non-hydrogen) atoms. The van der Waals surface area contributed by atoms with Crippen molar-refractivity contribution >= 4 is 20.1 Å². The van der Waals surface area contributed by atoms with Gasteiger partial charge >= 0.3 is 5.97 Å². The van der Waals surface area contributed by atoms with Crippen molar-refractivity contribution in [3.05, 3.63) is 23.8 Å². The highest BCUT2D eigenvalue weighted by Gasteiger charge is 2.36. The first-order chi connectivity index (χ1) is 13.4. The van der Waals surface area contributed by atoms with Crippen LogP contribution in [0.2, 0.25) is 18.1 Å². The summed E-state index contributed by atoms with van der Waals surface area (Å²) in [5.41, 5.74) is 0.756. The van der Waals surface area contributed by atoms with Gasteiger partial charge in [0.1, 0.15) is 23.2 Å². The first kappa shape index (κ1) is 25.2. The van der Waals surface area contributed by atoms with Crippen LogP contribution in [0.4, 0.5) is 0 Å². The molecule has 0 aliphatic heterocycles. The summed E-state index contributed by atoms with van der Waals surface area (Å²) >= 11 is 0. The number of hydrogen-bond acceptors (Lipinski definition) is 6. The first-order valence-corrected chi connectivity index (χ1v) is 12.9. The van der Waals surface area contributed by atoms with Crippen LogP contribution >= 0.6 is 0 Å². The lowest BCUT2D eigenvalue weighted by Crippen LogP contribution is -2.41. The average molecular weight is 425 g/mol. The molecule has 0 bridgehead atoms. The summed E-state index contributed by atoms with van der Waals surface area (Å²) < 4.78 is 22.1. The van der Waals surface area contributed by atoms with Crippen molar-refractivity contribution in [1.82, 2.24) is 0 Å². The fraction of sp³-hybridized carbons (Fsp3) is 0.636. The Bertz CT molecular complexity index is 693. The van der Waals surface area contributed by atoms with E-state index in [1.165, 1.54) is 14.0 Å². The maximum Gasteiger partial charge on any atom is 0.316 e. The third-order valence-electron chi connectivity index (χ3n) is 5.49. The Morgan fingerprint density at radius 1 is 1.10 bits per heavy atom. The van der Waals surface area contributed by atoms with Crippen LogP contribution in [0.3, 0.4) is 0 Å². The number of Topliss-reactive ketones (excluding diaryl/α,β-unsaturated/α-hetero) is 1. The first-order valence-electron chi connectivity index (χ1n) is 9.95. The van der Waals surface area contributed by atoms with Crippen LogP contribution in [-0.4, -0.2) is 47.5 Å². The minimum atomic E-state index is -1.73. The van der Waals surface area contributed by atoms with Gasteiger partial charge in [-0.25, -0.2) is 0 Å². The monoisotopic (exact) mass is 424 g/mol. The topological polar surface area (TPSA) is 71.1 Å². The van der Waals surface area contributed by atoms with Crippen LogP contribution in [0.25, 0.3) is 0 Å². The van der Waals surface area contributed by atoms with E-state index >= 15 is 0 Å². The Hall–Kier alpha value is -1.86. The number of esters is 1. The van der Waals surface area contributed by atoms with Gasteiger partial charge in [-0.2, -0.15) is 0 Å². The normalized spacial score (nSPS) is 13.0. The van der Waals surface area contributed by atoms with E-state index in [0.29, 0.717) is 24.7 Å². The van der Waals surface area contributed by atoms with E-state index in [2.05, 4.69) is 33.9 Å². The fourth-order valence-electron chi connectivity index (χ4n) is 2.53. The molecule has 0 saturated carbocycles. The molecule has 164 valence electrons. The van der Waals surface area contributed by atoms with E-state index in [9.17, 15) is 9.59 Å². The summed E-state index contributed by atoms with van der Waals surface area (Å²) in [5, 5.41) is 0.193. The van der Waals surface area contributed by atoms with Crippen molar-refractivity contribution in [3.63, 3.8) is 0 Å². The van der Waals surface area contributed by atoms with Crippen LogP contribution in [0, 0.1) is 5.92 Å². The lowest BCUT2D eigenvalue weighted by atomic mass is 9.95. The molecule has 1 aromatic carbocycles. The number of carbonyl (C=O) groups excluding carboxylic acids is 2. The smallest absolute Gasteiger partial charge is 0.316 e. The fourth-order valence-corrected chi connectivity index (χ4v) is 3.62. The standard InChI is InChI=1S/C22H36O6Si/c1-16(23)19(21(24)26-6)14-17-10-11-18(15-20(17)25-5)27-12-9-13-28-29(7,8)22(2,3)4/h10-11,15,19H,9,12-14H2,1-8H3. The van der Waals surface area contributed by atoms with Gasteiger partial charge < -0.3 is 18.6 Å².